The Hall–Kier alpha value is -1.89. The van der Waals surface area contributed by atoms with Crippen LogP contribution < -0.4 is 11.1 Å². The average molecular weight is 279 g/mol. The summed E-state index contributed by atoms with van der Waals surface area (Å²) < 4.78 is 1.52. The summed E-state index contributed by atoms with van der Waals surface area (Å²) in [6.07, 6.45) is 0.707. The fourth-order valence-corrected chi connectivity index (χ4v) is 2.48. The minimum Gasteiger partial charge on any atom is -0.395 e. The van der Waals surface area contributed by atoms with Gasteiger partial charge in [0.1, 0.15) is 5.69 Å². The van der Waals surface area contributed by atoms with Crippen LogP contribution in [0.5, 0.6) is 0 Å². The molecule has 2 rings (SSSR count). The summed E-state index contributed by atoms with van der Waals surface area (Å²) >= 11 is 1.56. The lowest BCUT2D eigenvalue weighted by Crippen LogP contribution is -2.26. The molecule has 0 aliphatic heterocycles. The molecule has 0 aliphatic rings. The monoisotopic (exact) mass is 279 g/mol. The smallest absolute Gasteiger partial charge is 0.272 e. The van der Waals surface area contributed by atoms with Crippen molar-refractivity contribution in [3.05, 3.63) is 27.5 Å². The molecule has 2 aromatic heterocycles. The van der Waals surface area contributed by atoms with E-state index in [0.29, 0.717) is 24.3 Å². The molecule has 2 aromatic rings. The van der Waals surface area contributed by atoms with Gasteiger partial charge in [-0.1, -0.05) is 6.92 Å². The topological polar surface area (TPSA) is 85.8 Å². The number of aryl methyl sites for hydroxylation is 3. The summed E-state index contributed by atoms with van der Waals surface area (Å²) in [6, 6.07) is 0. The summed E-state index contributed by atoms with van der Waals surface area (Å²) in [4.78, 5) is 16.4. The maximum Gasteiger partial charge on any atom is 0.272 e. The first-order valence-electron chi connectivity index (χ1n) is 6.03. The number of thiazole rings is 1. The molecular formula is C12H17N5OS. The molecule has 0 unspecified atom stereocenters. The Labute approximate surface area is 115 Å². The zero-order chi connectivity index (χ0) is 14.0. The molecule has 0 aromatic carbocycles. The van der Waals surface area contributed by atoms with Gasteiger partial charge >= 0.3 is 0 Å². The molecule has 6 nitrogen and oxygen atoms in total. The number of carbonyl (C=O) groups excluding carboxylic acids is 1. The zero-order valence-electron chi connectivity index (χ0n) is 11.2. The van der Waals surface area contributed by atoms with Crippen molar-refractivity contribution in [2.45, 2.75) is 26.8 Å². The molecule has 0 bridgehead atoms. The summed E-state index contributed by atoms with van der Waals surface area (Å²) in [5.41, 5.74) is 8.39. The van der Waals surface area contributed by atoms with Crippen molar-refractivity contribution >= 4 is 22.9 Å². The van der Waals surface area contributed by atoms with Crippen LogP contribution >= 0.6 is 11.3 Å². The predicted molar refractivity (Wildman–Crippen MR) is 75.0 cm³/mol. The highest BCUT2D eigenvalue weighted by Crippen LogP contribution is 2.17. The number of hydrogen-bond acceptors (Lipinski definition) is 5. The average Bonchev–Trinajstić information content (AvgIpc) is 2.90. The lowest BCUT2D eigenvalue weighted by molar-refractivity contribution is 0.0942. The van der Waals surface area contributed by atoms with Crippen LogP contribution in [0.25, 0.3) is 0 Å². The molecule has 102 valence electrons. The molecular weight excluding hydrogens is 262 g/mol. The SMILES string of the molecule is CCc1nn(C)c(C(=O)NCc2csc(C)n2)c1N. The molecule has 3 N–H and O–H groups in total. The fraction of sp³-hybridized carbons (Fsp3) is 0.417. The van der Waals surface area contributed by atoms with Crippen molar-refractivity contribution < 1.29 is 4.79 Å². The molecule has 0 saturated carbocycles. The highest BCUT2D eigenvalue weighted by molar-refractivity contribution is 7.09. The Kier molecular flexibility index (Phi) is 3.84. The van der Waals surface area contributed by atoms with Crippen LogP contribution in [-0.2, 0) is 20.0 Å². The van der Waals surface area contributed by atoms with Gasteiger partial charge < -0.3 is 11.1 Å². The Bertz CT molecular complexity index is 601. The zero-order valence-corrected chi connectivity index (χ0v) is 12.0. The van der Waals surface area contributed by atoms with Crippen LogP contribution in [0.1, 0.15) is 33.8 Å². The van der Waals surface area contributed by atoms with Crippen molar-refractivity contribution in [3.63, 3.8) is 0 Å². The van der Waals surface area contributed by atoms with E-state index < -0.39 is 0 Å². The molecule has 0 saturated heterocycles. The highest BCUT2D eigenvalue weighted by atomic mass is 32.1. The highest BCUT2D eigenvalue weighted by Gasteiger charge is 2.18. The third-order valence-electron chi connectivity index (χ3n) is 2.81. The van der Waals surface area contributed by atoms with Crippen LogP contribution in [-0.4, -0.2) is 20.7 Å². The Balaban J connectivity index is 2.10. The van der Waals surface area contributed by atoms with Crippen molar-refractivity contribution in [3.8, 4) is 0 Å². The standard InChI is InChI=1S/C12H17N5OS/c1-4-9-10(13)11(17(3)16-9)12(18)14-5-8-6-19-7(2)15-8/h6H,4-5,13H2,1-3H3,(H,14,18). The number of amides is 1. The van der Waals surface area contributed by atoms with Gasteiger partial charge in [0.15, 0.2) is 0 Å². The van der Waals surface area contributed by atoms with Gasteiger partial charge in [-0.25, -0.2) is 4.98 Å². The maximum atomic E-state index is 12.1. The van der Waals surface area contributed by atoms with Gasteiger partial charge in [0.25, 0.3) is 5.91 Å². The van der Waals surface area contributed by atoms with Gasteiger partial charge in [0, 0.05) is 12.4 Å². The summed E-state index contributed by atoms with van der Waals surface area (Å²) in [5.74, 6) is -0.224. The van der Waals surface area contributed by atoms with E-state index in [0.717, 1.165) is 16.4 Å². The lowest BCUT2D eigenvalue weighted by Gasteiger charge is -2.04. The van der Waals surface area contributed by atoms with E-state index in [2.05, 4.69) is 15.4 Å². The molecule has 0 aliphatic carbocycles. The number of rotatable bonds is 4. The fourth-order valence-electron chi connectivity index (χ4n) is 1.87. The molecule has 1 amide bonds. The van der Waals surface area contributed by atoms with Crippen molar-refractivity contribution in [1.82, 2.24) is 20.1 Å². The maximum absolute atomic E-state index is 12.1. The van der Waals surface area contributed by atoms with Crippen LogP contribution in [0.3, 0.4) is 0 Å². The minimum absolute atomic E-state index is 0.224. The first-order chi connectivity index (χ1) is 9.02. The van der Waals surface area contributed by atoms with Gasteiger partial charge in [-0.2, -0.15) is 5.10 Å². The molecule has 0 atom stereocenters. The van der Waals surface area contributed by atoms with E-state index in [1.165, 1.54) is 4.68 Å². The Morgan fingerprint density at radius 2 is 2.32 bits per heavy atom. The molecule has 19 heavy (non-hydrogen) atoms. The number of hydrogen-bond donors (Lipinski definition) is 2. The number of anilines is 1. The van der Waals surface area contributed by atoms with Crippen LogP contribution in [0.4, 0.5) is 5.69 Å². The first-order valence-corrected chi connectivity index (χ1v) is 6.91. The van der Waals surface area contributed by atoms with E-state index in [9.17, 15) is 4.79 Å². The summed E-state index contributed by atoms with van der Waals surface area (Å²) in [5, 5.41) is 9.95. The number of carbonyl (C=O) groups is 1. The Morgan fingerprint density at radius 3 is 2.84 bits per heavy atom. The van der Waals surface area contributed by atoms with E-state index in [-0.39, 0.29) is 5.91 Å². The summed E-state index contributed by atoms with van der Waals surface area (Å²) in [6.45, 7) is 4.29. The van der Waals surface area contributed by atoms with Gasteiger partial charge in [-0.3, -0.25) is 9.48 Å². The van der Waals surface area contributed by atoms with Crippen LogP contribution in [0, 0.1) is 6.92 Å². The second-order valence-corrected chi connectivity index (χ2v) is 5.29. The molecule has 2 heterocycles. The van der Waals surface area contributed by atoms with E-state index >= 15 is 0 Å². The lowest BCUT2D eigenvalue weighted by atomic mass is 10.2. The minimum atomic E-state index is -0.224. The van der Waals surface area contributed by atoms with E-state index in [4.69, 9.17) is 5.73 Å². The number of nitrogen functional groups attached to an aromatic ring is 1. The van der Waals surface area contributed by atoms with E-state index in [1.54, 1.807) is 18.4 Å². The van der Waals surface area contributed by atoms with Gasteiger partial charge in [-0.15, -0.1) is 11.3 Å². The van der Waals surface area contributed by atoms with Gasteiger partial charge in [0.2, 0.25) is 0 Å². The van der Waals surface area contributed by atoms with Gasteiger partial charge in [0.05, 0.1) is 28.6 Å². The van der Waals surface area contributed by atoms with Crippen molar-refractivity contribution in [2.24, 2.45) is 7.05 Å². The van der Waals surface area contributed by atoms with Gasteiger partial charge in [-0.05, 0) is 13.3 Å². The van der Waals surface area contributed by atoms with Crippen LogP contribution in [0.15, 0.2) is 5.38 Å². The normalized spacial score (nSPS) is 10.7. The van der Waals surface area contributed by atoms with Crippen molar-refractivity contribution in [1.29, 1.82) is 0 Å². The third-order valence-corrected chi connectivity index (χ3v) is 3.63. The van der Waals surface area contributed by atoms with Crippen LogP contribution in [0.2, 0.25) is 0 Å². The largest absolute Gasteiger partial charge is 0.395 e. The molecule has 0 fully saturated rings. The second-order valence-electron chi connectivity index (χ2n) is 4.23. The second kappa shape index (κ2) is 5.40. The Morgan fingerprint density at radius 1 is 1.58 bits per heavy atom. The third kappa shape index (κ3) is 2.76. The van der Waals surface area contributed by atoms with E-state index in [1.807, 2.05) is 19.2 Å². The summed E-state index contributed by atoms with van der Waals surface area (Å²) in [7, 11) is 1.72. The molecule has 0 spiro atoms. The molecule has 0 radical (unpaired) electrons. The molecule has 7 heteroatoms. The quantitative estimate of drug-likeness (QED) is 0.882. The number of nitrogens with one attached hydrogen (secondary N) is 1. The predicted octanol–water partition coefficient (Wildman–Crippen LogP) is 1.26. The number of nitrogens with zero attached hydrogens (tertiary/aromatic N) is 3. The van der Waals surface area contributed by atoms with Crippen molar-refractivity contribution in [2.75, 3.05) is 5.73 Å². The number of nitrogens with two attached hydrogens (primary N) is 1. The number of aromatic nitrogens is 3. The first kappa shape index (κ1) is 13.5.